The number of benzene rings is 1. The fourth-order valence-corrected chi connectivity index (χ4v) is 4.24. The highest BCUT2D eigenvalue weighted by molar-refractivity contribution is 5.91. The molecule has 2 heterocycles. The lowest BCUT2D eigenvalue weighted by molar-refractivity contribution is -0.897. The first kappa shape index (κ1) is 27.8. The molecule has 37 heavy (non-hydrogen) atoms. The van der Waals surface area contributed by atoms with Crippen LogP contribution in [0.15, 0.2) is 28.0 Å². The number of esters is 1. The Labute approximate surface area is 214 Å². The standard InChI is InChI=1S/C25H35N5O7/c1-7-28(8-2)11-12-29-16-26-22-20(29)23(31)30(25(33)27(22)3)10-9-13-37-24(32)17-14-18(34-4)21(36-6)19(15-17)35-5/h14-16H,7-13H2,1-6H3/p+1. The van der Waals surface area contributed by atoms with Crippen molar-refractivity contribution in [3.8, 4) is 17.2 Å². The van der Waals surface area contributed by atoms with Crippen molar-refractivity contribution in [3.05, 3.63) is 44.9 Å². The number of imidazole rings is 1. The van der Waals surface area contributed by atoms with Crippen molar-refractivity contribution in [2.45, 2.75) is 33.4 Å². The number of aromatic nitrogens is 4. The summed E-state index contributed by atoms with van der Waals surface area (Å²) in [7, 11) is 5.98. The van der Waals surface area contributed by atoms with Gasteiger partial charge in [-0.15, -0.1) is 0 Å². The van der Waals surface area contributed by atoms with Crippen molar-refractivity contribution in [3.63, 3.8) is 0 Å². The Kier molecular flexibility index (Phi) is 9.34. The number of nitrogens with one attached hydrogen (secondary N) is 1. The van der Waals surface area contributed by atoms with E-state index in [4.69, 9.17) is 18.9 Å². The van der Waals surface area contributed by atoms with E-state index in [9.17, 15) is 14.4 Å². The summed E-state index contributed by atoms with van der Waals surface area (Å²) in [5.74, 6) is 0.435. The molecule has 0 fully saturated rings. The molecular formula is C25H36N5O7+. The average Bonchev–Trinajstić information content (AvgIpc) is 3.35. The lowest BCUT2D eigenvalue weighted by Gasteiger charge is -2.16. The normalized spacial score (nSPS) is 11.2. The summed E-state index contributed by atoms with van der Waals surface area (Å²) in [6.07, 6.45) is 1.88. The van der Waals surface area contributed by atoms with Gasteiger partial charge in [0.05, 0.1) is 66.0 Å². The molecule has 0 aliphatic heterocycles. The second-order valence-corrected chi connectivity index (χ2v) is 8.52. The summed E-state index contributed by atoms with van der Waals surface area (Å²) in [5, 5.41) is 0. The third-order valence-electron chi connectivity index (χ3n) is 6.47. The Balaban J connectivity index is 1.74. The largest absolute Gasteiger partial charge is 0.493 e. The van der Waals surface area contributed by atoms with Crippen molar-refractivity contribution >= 4 is 17.1 Å². The SMILES string of the molecule is CC[NH+](CC)CCn1cnc2c1c(=O)n(CCCOC(=O)c1cc(OC)c(OC)c(OC)c1)c(=O)n2C. The molecule has 0 saturated carbocycles. The molecule has 0 atom stereocenters. The third-order valence-corrected chi connectivity index (χ3v) is 6.47. The average molecular weight is 519 g/mol. The Hall–Kier alpha value is -3.80. The molecule has 12 heteroatoms. The van der Waals surface area contributed by atoms with E-state index in [0.29, 0.717) is 35.0 Å². The van der Waals surface area contributed by atoms with E-state index in [2.05, 4.69) is 18.8 Å². The van der Waals surface area contributed by atoms with E-state index in [0.717, 1.165) is 24.2 Å². The van der Waals surface area contributed by atoms with Crippen molar-refractivity contribution < 1.29 is 28.6 Å². The van der Waals surface area contributed by atoms with Gasteiger partial charge in [-0.05, 0) is 32.4 Å². The van der Waals surface area contributed by atoms with Gasteiger partial charge in [0, 0.05) is 13.6 Å². The second kappa shape index (κ2) is 12.4. The predicted molar refractivity (Wildman–Crippen MR) is 137 cm³/mol. The minimum absolute atomic E-state index is 0.00765. The number of hydrogen-bond donors (Lipinski definition) is 1. The molecule has 0 spiro atoms. The maximum Gasteiger partial charge on any atom is 0.338 e. The van der Waals surface area contributed by atoms with E-state index in [-0.39, 0.29) is 25.1 Å². The number of carbonyl (C=O) groups excluding carboxylic acids is 1. The number of rotatable bonds is 13. The van der Waals surface area contributed by atoms with E-state index >= 15 is 0 Å². The molecule has 0 radical (unpaired) electrons. The van der Waals surface area contributed by atoms with Crippen LogP contribution in [-0.4, -0.2) is 72.2 Å². The summed E-state index contributed by atoms with van der Waals surface area (Å²) in [5.41, 5.74) is 0.107. The molecule has 0 amide bonds. The fraction of sp³-hybridized carbons (Fsp3) is 0.520. The fourth-order valence-electron chi connectivity index (χ4n) is 4.24. The lowest BCUT2D eigenvalue weighted by atomic mass is 10.2. The number of likely N-dealkylation sites (N-methyl/N-ethyl adjacent to an activating group) is 1. The predicted octanol–water partition coefficient (Wildman–Crippen LogP) is 0.0943. The number of methoxy groups -OCH3 is 3. The molecular weight excluding hydrogens is 482 g/mol. The molecule has 3 rings (SSSR count). The topological polar surface area (TPSA) is 120 Å². The van der Waals surface area contributed by atoms with Crippen LogP contribution < -0.4 is 30.4 Å². The number of hydrogen-bond acceptors (Lipinski definition) is 8. The summed E-state index contributed by atoms with van der Waals surface area (Å²) in [4.78, 5) is 44.4. The Morgan fingerprint density at radius 2 is 1.65 bits per heavy atom. The molecule has 0 unspecified atom stereocenters. The molecule has 1 aromatic carbocycles. The van der Waals surface area contributed by atoms with E-state index in [1.165, 1.54) is 42.9 Å². The number of fused-ring (bicyclic) bond motifs is 1. The number of aryl methyl sites for hydroxylation is 1. The van der Waals surface area contributed by atoms with Crippen LogP contribution in [0.4, 0.5) is 0 Å². The highest BCUT2D eigenvalue weighted by Crippen LogP contribution is 2.38. The summed E-state index contributed by atoms with van der Waals surface area (Å²) in [6.45, 7) is 7.78. The molecule has 202 valence electrons. The van der Waals surface area contributed by atoms with Gasteiger partial charge in [0.15, 0.2) is 22.7 Å². The van der Waals surface area contributed by atoms with Gasteiger partial charge in [-0.2, -0.15) is 0 Å². The van der Waals surface area contributed by atoms with Crippen molar-refractivity contribution in [2.75, 3.05) is 47.6 Å². The van der Waals surface area contributed by atoms with Crippen LogP contribution >= 0.6 is 0 Å². The van der Waals surface area contributed by atoms with Crippen LogP contribution in [0.25, 0.3) is 11.2 Å². The summed E-state index contributed by atoms with van der Waals surface area (Å²) < 4.78 is 25.6. The maximum absolute atomic E-state index is 13.3. The van der Waals surface area contributed by atoms with E-state index in [1.807, 2.05) is 4.57 Å². The second-order valence-electron chi connectivity index (χ2n) is 8.52. The molecule has 1 N–H and O–H groups in total. The highest BCUT2D eigenvalue weighted by atomic mass is 16.5. The zero-order valence-electron chi connectivity index (χ0n) is 22.3. The molecule has 2 aromatic heterocycles. The van der Waals surface area contributed by atoms with Crippen LogP contribution in [0.5, 0.6) is 17.2 Å². The van der Waals surface area contributed by atoms with Crippen LogP contribution in [-0.2, 0) is 24.9 Å². The quantitative estimate of drug-likeness (QED) is 0.250. The lowest BCUT2D eigenvalue weighted by Crippen LogP contribution is -3.11. The van der Waals surface area contributed by atoms with Gasteiger partial charge in [0.1, 0.15) is 0 Å². The number of quaternary nitrogens is 1. The first-order valence-electron chi connectivity index (χ1n) is 12.3. The summed E-state index contributed by atoms with van der Waals surface area (Å²) >= 11 is 0. The first-order valence-corrected chi connectivity index (χ1v) is 12.3. The minimum atomic E-state index is -0.591. The van der Waals surface area contributed by atoms with Gasteiger partial charge in [0.25, 0.3) is 5.56 Å². The smallest absolute Gasteiger partial charge is 0.338 e. The number of nitrogens with zero attached hydrogens (tertiary/aromatic N) is 4. The maximum atomic E-state index is 13.3. The van der Waals surface area contributed by atoms with Crippen molar-refractivity contribution in [1.82, 2.24) is 18.7 Å². The Morgan fingerprint density at radius 3 is 2.22 bits per heavy atom. The van der Waals surface area contributed by atoms with Gasteiger partial charge < -0.3 is 28.4 Å². The molecule has 3 aromatic rings. The zero-order chi connectivity index (χ0) is 27.1. The molecule has 0 bridgehead atoms. The monoisotopic (exact) mass is 518 g/mol. The van der Waals surface area contributed by atoms with Crippen molar-refractivity contribution in [2.24, 2.45) is 7.05 Å². The van der Waals surface area contributed by atoms with E-state index in [1.54, 1.807) is 13.4 Å². The molecule has 12 nitrogen and oxygen atoms in total. The van der Waals surface area contributed by atoms with Gasteiger partial charge in [-0.1, -0.05) is 0 Å². The van der Waals surface area contributed by atoms with Crippen LogP contribution in [0.3, 0.4) is 0 Å². The first-order chi connectivity index (χ1) is 17.8. The van der Waals surface area contributed by atoms with Crippen LogP contribution in [0.2, 0.25) is 0 Å². The number of ether oxygens (including phenoxy) is 4. The van der Waals surface area contributed by atoms with Gasteiger partial charge >= 0.3 is 11.7 Å². The van der Waals surface area contributed by atoms with Gasteiger partial charge in [-0.3, -0.25) is 13.9 Å². The van der Waals surface area contributed by atoms with E-state index < -0.39 is 17.2 Å². The van der Waals surface area contributed by atoms with Crippen LogP contribution in [0.1, 0.15) is 30.6 Å². The summed E-state index contributed by atoms with van der Waals surface area (Å²) in [6, 6.07) is 3.00. The molecule has 0 aliphatic rings. The Morgan fingerprint density at radius 1 is 1.00 bits per heavy atom. The molecule has 0 saturated heterocycles. The number of carbonyl (C=O) groups is 1. The highest BCUT2D eigenvalue weighted by Gasteiger charge is 2.19. The zero-order valence-corrected chi connectivity index (χ0v) is 22.3. The van der Waals surface area contributed by atoms with Gasteiger partial charge in [0.2, 0.25) is 5.75 Å². The van der Waals surface area contributed by atoms with Gasteiger partial charge in [-0.25, -0.2) is 14.6 Å². The molecule has 0 aliphatic carbocycles. The Bertz CT molecular complexity index is 1330. The van der Waals surface area contributed by atoms with Crippen molar-refractivity contribution in [1.29, 1.82) is 0 Å². The minimum Gasteiger partial charge on any atom is -0.493 e. The van der Waals surface area contributed by atoms with Crippen LogP contribution in [0, 0.1) is 0 Å². The third kappa shape index (κ3) is 5.79.